The highest BCUT2D eigenvalue weighted by Gasteiger charge is 2.58. The van der Waals surface area contributed by atoms with Crippen LogP contribution in [0.1, 0.15) is 92.4 Å². The summed E-state index contributed by atoms with van der Waals surface area (Å²) in [6, 6.07) is 0. The lowest BCUT2D eigenvalue weighted by molar-refractivity contribution is -0.142. The molecule has 0 N–H and O–H groups in total. The second-order valence-electron chi connectivity index (χ2n) is 12.2. The van der Waals surface area contributed by atoms with E-state index < -0.39 is 0 Å². The number of fused-ring (bicyclic) bond motifs is 5. The average molecular weight is 441 g/mol. The second-order valence-corrected chi connectivity index (χ2v) is 12.2. The summed E-state index contributed by atoms with van der Waals surface area (Å²) in [6.07, 6.45) is 17.6. The van der Waals surface area contributed by atoms with Gasteiger partial charge in [0.25, 0.3) is 0 Å². The zero-order chi connectivity index (χ0) is 23.1. The molecule has 0 heterocycles. The van der Waals surface area contributed by atoms with Crippen molar-refractivity contribution in [2.45, 2.75) is 92.4 Å². The summed E-state index contributed by atoms with van der Waals surface area (Å²) in [4.78, 5) is 23.1. The predicted octanol–water partition coefficient (Wildman–Crippen LogP) is 6.92. The first kappa shape index (κ1) is 23.8. The lowest BCUT2D eigenvalue weighted by atomic mass is 9.48. The summed E-state index contributed by atoms with van der Waals surface area (Å²) < 4.78 is 5.18. The van der Waals surface area contributed by atoms with E-state index >= 15 is 0 Å². The Kier molecular flexibility index (Phi) is 6.76. The van der Waals surface area contributed by atoms with Crippen LogP contribution in [0.2, 0.25) is 0 Å². The fourth-order valence-corrected chi connectivity index (χ4v) is 8.30. The van der Waals surface area contributed by atoms with Crippen molar-refractivity contribution in [2.24, 2.45) is 46.3 Å². The van der Waals surface area contributed by atoms with Crippen LogP contribution in [-0.4, -0.2) is 18.4 Å². The van der Waals surface area contributed by atoms with Gasteiger partial charge in [-0.3, -0.25) is 9.59 Å². The maximum atomic E-state index is 12.0. The van der Waals surface area contributed by atoms with E-state index in [1.54, 1.807) is 0 Å². The number of carbonyl (C=O) groups is 2. The molecular formula is C29H44O3. The number of ether oxygens (including phenoxy) is 1. The summed E-state index contributed by atoms with van der Waals surface area (Å²) in [5.41, 5.74) is 1.97. The molecule has 0 aromatic heterocycles. The van der Waals surface area contributed by atoms with Crippen LogP contribution in [-0.2, 0) is 14.3 Å². The third-order valence-electron chi connectivity index (χ3n) is 10.2. The van der Waals surface area contributed by atoms with E-state index in [0.717, 1.165) is 37.0 Å². The second kappa shape index (κ2) is 9.11. The maximum absolute atomic E-state index is 12.0. The van der Waals surface area contributed by atoms with Gasteiger partial charge in [0.15, 0.2) is 5.78 Å². The minimum atomic E-state index is -0.168. The fourth-order valence-electron chi connectivity index (χ4n) is 8.30. The highest BCUT2D eigenvalue weighted by molar-refractivity contribution is 5.92. The van der Waals surface area contributed by atoms with Gasteiger partial charge in [-0.15, -0.1) is 0 Å². The lowest BCUT2D eigenvalue weighted by Crippen LogP contribution is -2.49. The van der Waals surface area contributed by atoms with Gasteiger partial charge in [0.2, 0.25) is 0 Å². The molecule has 4 rings (SSSR count). The lowest BCUT2D eigenvalue weighted by Gasteiger charge is -2.56. The summed E-state index contributed by atoms with van der Waals surface area (Å²) in [5.74, 6) is 4.37. The Hall–Kier alpha value is -1.38. The molecule has 3 heteroatoms. The third-order valence-corrected chi connectivity index (χ3v) is 10.2. The van der Waals surface area contributed by atoms with Gasteiger partial charge >= 0.3 is 5.97 Å². The Bertz CT molecular complexity index is 794. The van der Waals surface area contributed by atoms with Crippen LogP contribution in [0.4, 0.5) is 0 Å². The standard InChI is InChI=1S/C29H44O3/c1-19(18-32-21(3)30)7-6-8-20(2)25-11-12-26-24-10-9-22-17-23(31)13-15-28(22,4)27(24)14-16-29(25,26)5/h9-10,17,19-20,24-27H,6-8,11-16,18H2,1-5H3/t19-,20-,24+,25-,26+,27+,28+,29-/m1/s1. The monoisotopic (exact) mass is 440 g/mol. The summed E-state index contributed by atoms with van der Waals surface area (Å²) >= 11 is 0. The molecule has 0 amide bonds. The van der Waals surface area contributed by atoms with Crippen LogP contribution in [0.15, 0.2) is 23.8 Å². The number of allylic oxidation sites excluding steroid dienone is 4. The molecule has 0 aliphatic heterocycles. The molecule has 0 unspecified atom stereocenters. The zero-order valence-corrected chi connectivity index (χ0v) is 21.0. The van der Waals surface area contributed by atoms with Crippen molar-refractivity contribution in [2.75, 3.05) is 6.61 Å². The van der Waals surface area contributed by atoms with Crippen molar-refractivity contribution in [1.82, 2.24) is 0 Å². The molecule has 4 aliphatic rings. The van der Waals surface area contributed by atoms with E-state index in [1.807, 2.05) is 6.08 Å². The molecule has 0 aromatic carbocycles. The molecule has 178 valence electrons. The zero-order valence-electron chi connectivity index (χ0n) is 21.0. The molecule has 2 saturated carbocycles. The predicted molar refractivity (Wildman–Crippen MR) is 129 cm³/mol. The first-order valence-electron chi connectivity index (χ1n) is 13.2. The van der Waals surface area contributed by atoms with Crippen LogP contribution in [0.25, 0.3) is 0 Å². The molecule has 0 saturated heterocycles. The van der Waals surface area contributed by atoms with E-state index in [9.17, 15) is 9.59 Å². The number of esters is 1. The normalized spacial score (nSPS) is 40.0. The molecule has 8 atom stereocenters. The number of carbonyl (C=O) groups excluding carboxylic acids is 2. The third kappa shape index (κ3) is 4.26. The summed E-state index contributed by atoms with van der Waals surface area (Å²) in [7, 11) is 0. The van der Waals surface area contributed by atoms with Gasteiger partial charge in [0.1, 0.15) is 0 Å². The Labute approximate surface area is 195 Å². The van der Waals surface area contributed by atoms with Crippen molar-refractivity contribution >= 4 is 11.8 Å². The highest BCUT2D eigenvalue weighted by atomic mass is 16.5. The van der Waals surface area contributed by atoms with Crippen LogP contribution in [0, 0.1) is 46.3 Å². The molecule has 0 aromatic rings. The SMILES string of the molecule is CC(=O)OC[C@H](C)CCC[C@@H](C)[C@H]1CC[C@H]2[C@@H]3C=CC4=CC(=O)CC[C@]4(C)[C@H]3CC[C@]12C. The van der Waals surface area contributed by atoms with Crippen LogP contribution in [0.3, 0.4) is 0 Å². The van der Waals surface area contributed by atoms with Gasteiger partial charge in [0.05, 0.1) is 6.61 Å². The molecule has 4 aliphatic carbocycles. The van der Waals surface area contributed by atoms with Gasteiger partial charge in [-0.25, -0.2) is 0 Å². The minimum absolute atomic E-state index is 0.168. The first-order chi connectivity index (χ1) is 15.1. The minimum Gasteiger partial charge on any atom is -0.466 e. The maximum Gasteiger partial charge on any atom is 0.302 e. The van der Waals surface area contributed by atoms with Crippen LogP contribution >= 0.6 is 0 Å². The Morgan fingerprint density at radius 3 is 2.66 bits per heavy atom. The largest absolute Gasteiger partial charge is 0.466 e. The average Bonchev–Trinajstić information content (AvgIpc) is 3.10. The van der Waals surface area contributed by atoms with Crippen LogP contribution in [0.5, 0.6) is 0 Å². The van der Waals surface area contributed by atoms with Gasteiger partial charge in [0, 0.05) is 13.3 Å². The number of ketones is 1. The van der Waals surface area contributed by atoms with Crippen molar-refractivity contribution in [3.63, 3.8) is 0 Å². The number of hydrogen-bond donors (Lipinski definition) is 0. The molecule has 3 nitrogen and oxygen atoms in total. The fraction of sp³-hybridized carbons (Fsp3) is 0.793. The van der Waals surface area contributed by atoms with Crippen molar-refractivity contribution in [3.8, 4) is 0 Å². The molecular weight excluding hydrogens is 396 g/mol. The quantitative estimate of drug-likeness (QED) is 0.404. The van der Waals surface area contributed by atoms with E-state index in [1.165, 1.54) is 51.0 Å². The first-order valence-corrected chi connectivity index (χ1v) is 13.2. The molecule has 32 heavy (non-hydrogen) atoms. The Morgan fingerprint density at radius 1 is 1.12 bits per heavy atom. The Morgan fingerprint density at radius 2 is 1.91 bits per heavy atom. The Balaban J connectivity index is 1.39. The van der Waals surface area contributed by atoms with Gasteiger partial charge in [-0.1, -0.05) is 52.7 Å². The van der Waals surface area contributed by atoms with Gasteiger partial charge in [-0.05, 0) is 96.5 Å². The molecule has 0 bridgehead atoms. The van der Waals surface area contributed by atoms with Crippen molar-refractivity contribution < 1.29 is 14.3 Å². The van der Waals surface area contributed by atoms with E-state index in [2.05, 4.69) is 39.8 Å². The van der Waals surface area contributed by atoms with Crippen LogP contribution < -0.4 is 0 Å². The van der Waals surface area contributed by atoms with Crippen molar-refractivity contribution in [3.05, 3.63) is 23.8 Å². The van der Waals surface area contributed by atoms with E-state index in [0.29, 0.717) is 35.6 Å². The molecule has 0 radical (unpaired) electrons. The van der Waals surface area contributed by atoms with Gasteiger partial charge < -0.3 is 4.74 Å². The number of hydrogen-bond acceptors (Lipinski definition) is 3. The summed E-state index contributed by atoms with van der Waals surface area (Å²) in [6.45, 7) is 11.8. The highest BCUT2D eigenvalue weighted by Crippen LogP contribution is 2.66. The van der Waals surface area contributed by atoms with Crippen molar-refractivity contribution in [1.29, 1.82) is 0 Å². The summed E-state index contributed by atoms with van der Waals surface area (Å²) in [5, 5.41) is 0. The van der Waals surface area contributed by atoms with E-state index in [-0.39, 0.29) is 11.4 Å². The molecule has 2 fully saturated rings. The molecule has 0 spiro atoms. The smallest absolute Gasteiger partial charge is 0.302 e. The number of rotatable bonds is 7. The van der Waals surface area contributed by atoms with E-state index in [4.69, 9.17) is 4.74 Å². The van der Waals surface area contributed by atoms with Gasteiger partial charge in [-0.2, -0.15) is 0 Å². The topological polar surface area (TPSA) is 43.4 Å².